The standard InChI is InChI=1S/C15H15N3O3S/c1-15(2)9(7-12(19)21-15)13(20)18-14-17-11(8-22-14)10-5-3-4-6-16-10/h3-6,8-9H,7H2,1-2H3,(H,17,18,20). The third kappa shape index (κ3) is 2.85. The Morgan fingerprint density at radius 2 is 2.23 bits per heavy atom. The molecule has 22 heavy (non-hydrogen) atoms. The molecule has 0 radical (unpaired) electrons. The van der Waals surface area contributed by atoms with Gasteiger partial charge < -0.3 is 10.1 Å². The van der Waals surface area contributed by atoms with Gasteiger partial charge in [0.25, 0.3) is 0 Å². The molecule has 0 aliphatic carbocycles. The Kier molecular flexibility index (Phi) is 3.66. The van der Waals surface area contributed by atoms with Crippen LogP contribution in [-0.2, 0) is 14.3 Å². The van der Waals surface area contributed by atoms with Crippen molar-refractivity contribution in [3.05, 3.63) is 29.8 Å². The van der Waals surface area contributed by atoms with Crippen LogP contribution in [0, 0.1) is 5.92 Å². The predicted octanol–water partition coefficient (Wildman–Crippen LogP) is 2.49. The fourth-order valence-corrected chi connectivity index (χ4v) is 3.09. The molecule has 1 fully saturated rings. The molecule has 1 unspecified atom stereocenters. The van der Waals surface area contributed by atoms with Crippen molar-refractivity contribution in [2.45, 2.75) is 25.9 Å². The summed E-state index contributed by atoms with van der Waals surface area (Å²) in [5, 5.41) is 5.08. The summed E-state index contributed by atoms with van der Waals surface area (Å²) in [5.74, 6) is -1.11. The third-order valence-electron chi connectivity index (χ3n) is 3.56. The molecule has 1 N–H and O–H groups in total. The molecule has 3 rings (SSSR count). The zero-order chi connectivity index (χ0) is 15.7. The zero-order valence-corrected chi connectivity index (χ0v) is 13.0. The number of nitrogens with one attached hydrogen (secondary N) is 1. The number of anilines is 1. The monoisotopic (exact) mass is 317 g/mol. The second kappa shape index (κ2) is 5.49. The van der Waals surface area contributed by atoms with Crippen molar-refractivity contribution in [3.8, 4) is 11.4 Å². The molecule has 114 valence electrons. The van der Waals surface area contributed by atoms with E-state index in [2.05, 4.69) is 15.3 Å². The van der Waals surface area contributed by atoms with E-state index < -0.39 is 11.5 Å². The average molecular weight is 317 g/mol. The SMILES string of the molecule is CC1(C)OC(=O)CC1C(=O)Nc1nc(-c2ccccn2)cs1. The van der Waals surface area contributed by atoms with Crippen LogP contribution >= 0.6 is 11.3 Å². The Balaban J connectivity index is 1.73. The first-order valence-electron chi connectivity index (χ1n) is 6.85. The van der Waals surface area contributed by atoms with Gasteiger partial charge in [-0.25, -0.2) is 4.98 Å². The maximum absolute atomic E-state index is 12.3. The zero-order valence-electron chi connectivity index (χ0n) is 12.2. The summed E-state index contributed by atoms with van der Waals surface area (Å²) in [4.78, 5) is 32.3. The van der Waals surface area contributed by atoms with Gasteiger partial charge in [0, 0.05) is 11.6 Å². The molecule has 2 aromatic rings. The number of nitrogens with zero attached hydrogens (tertiary/aromatic N) is 2. The minimum absolute atomic E-state index is 0.0946. The number of esters is 1. The summed E-state index contributed by atoms with van der Waals surface area (Å²) < 4.78 is 5.17. The van der Waals surface area contributed by atoms with Gasteiger partial charge in [-0.1, -0.05) is 6.07 Å². The summed E-state index contributed by atoms with van der Waals surface area (Å²) in [7, 11) is 0. The highest BCUT2D eigenvalue weighted by Gasteiger charge is 2.46. The second-order valence-electron chi connectivity index (χ2n) is 5.58. The number of ether oxygens (including phenoxy) is 1. The van der Waals surface area contributed by atoms with Crippen molar-refractivity contribution in [3.63, 3.8) is 0 Å². The first kappa shape index (κ1) is 14.6. The van der Waals surface area contributed by atoms with Gasteiger partial charge in [-0.2, -0.15) is 0 Å². The molecule has 0 aromatic carbocycles. The van der Waals surface area contributed by atoms with Crippen molar-refractivity contribution in [2.24, 2.45) is 5.92 Å². The maximum atomic E-state index is 12.3. The first-order chi connectivity index (χ1) is 10.5. The molecule has 1 aliphatic heterocycles. The van der Waals surface area contributed by atoms with E-state index >= 15 is 0 Å². The Morgan fingerprint density at radius 3 is 2.86 bits per heavy atom. The smallest absolute Gasteiger partial charge is 0.307 e. The van der Waals surface area contributed by atoms with E-state index in [1.165, 1.54) is 11.3 Å². The largest absolute Gasteiger partial charge is 0.459 e. The molecular formula is C15H15N3O3S. The number of pyridine rings is 1. The number of hydrogen-bond acceptors (Lipinski definition) is 6. The molecule has 0 bridgehead atoms. The van der Waals surface area contributed by atoms with Crippen molar-refractivity contribution in [1.82, 2.24) is 9.97 Å². The van der Waals surface area contributed by atoms with Crippen molar-refractivity contribution in [2.75, 3.05) is 5.32 Å². The highest BCUT2D eigenvalue weighted by molar-refractivity contribution is 7.14. The van der Waals surface area contributed by atoms with Crippen LogP contribution in [0.2, 0.25) is 0 Å². The molecule has 0 saturated carbocycles. The van der Waals surface area contributed by atoms with Crippen LogP contribution in [0.3, 0.4) is 0 Å². The van der Waals surface area contributed by atoms with E-state index in [1.807, 2.05) is 23.6 Å². The Labute approximate surface area is 131 Å². The number of cyclic esters (lactones) is 1. The van der Waals surface area contributed by atoms with Gasteiger partial charge in [0.05, 0.1) is 18.0 Å². The van der Waals surface area contributed by atoms with E-state index in [0.717, 1.165) is 5.69 Å². The molecule has 1 saturated heterocycles. The van der Waals surface area contributed by atoms with Crippen LogP contribution in [0.5, 0.6) is 0 Å². The minimum atomic E-state index is -0.789. The molecule has 1 aliphatic rings. The number of carbonyl (C=O) groups is 2. The lowest BCUT2D eigenvalue weighted by atomic mass is 9.90. The Hall–Kier alpha value is -2.28. The lowest BCUT2D eigenvalue weighted by molar-refractivity contribution is -0.147. The summed E-state index contributed by atoms with van der Waals surface area (Å²) in [6.07, 6.45) is 1.79. The maximum Gasteiger partial charge on any atom is 0.307 e. The molecule has 2 aromatic heterocycles. The van der Waals surface area contributed by atoms with Crippen molar-refractivity contribution < 1.29 is 14.3 Å². The van der Waals surface area contributed by atoms with Crippen LogP contribution in [-0.4, -0.2) is 27.4 Å². The first-order valence-corrected chi connectivity index (χ1v) is 7.73. The van der Waals surface area contributed by atoms with Crippen LogP contribution in [0.15, 0.2) is 29.8 Å². The van der Waals surface area contributed by atoms with E-state index in [9.17, 15) is 9.59 Å². The lowest BCUT2D eigenvalue weighted by Gasteiger charge is -2.23. The van der Waals surface area contributed by atoms with E-state index in [1.54, 1.807) is 20.0 Å². The van der Waals surface area contributed by atoms with Gasteiger partial charge in [0.2, 0.25) is 5.91 Å². The fraction of sp³-hybridized carbons (Fsp3) is 0.333. The highest BCUT2D eigenvalue weighted by atomic mass is 32.1. The number of amides is 1. The Bertz CT molecular complexity index is 712. The summed E-state index contributed by atoms with van der Waals surface area (Å²) in [5.41, 5.74) is 0.667. The van der Waals surface area contributed by atoms with E-state index in [0.29, 0.717) is 10.8 Å². The van der Waals surface area contributed by atoms with Crippen molar-refractivity contribution >= 4 is 28.3 Å². The molecule has 1 amide bonds. The van der Waals surface area contributed by atoms with Gasteiger partial charge in [0.15, 0.2) is 5.13 Å². The van der Waals surface area contributed by atoms with Crippen LogP contribution in [0.4, 0.5) is 5.13 Å². The molecule has 3 heterocycles. The van der Waals surface area contributed by atoms with Gasteiger partial charge in [-0.05, 0) is 26.0 Å². The third-order valence-corrected chi connectivity index (χ3v) is 4.32. The van der Waals surface area contributed by atoms with Gasteiger partial charge in [-0.15, -0.1) is 11.3 Å². The normalized spacial score (nSPS) is 19.7. The van der Waals surface area contributed by atoms with Gasteiger partial charge in [0.1, 0.15) is 11.3 Å². The lowest BCUT2D eigenvalue weighted by Crippen LogP contribution is -2.36. The minimum Gasteiger partial charge on any atom is -0.459 e. The quantitative estimate of drug-likeness (QED) is 0.880. The van der Waals surface area contributed by atoms with E-state index in [-0.39, 0.29) is 18.3 Å². The number of hydrogen-bond donors (Lipinski definition) is 1. The molecule has 7 heteroatoms. The number of rotatable bonds is 3. The summed E-state index contributed by atoms with van der Waals surface area (Å²) in [6, 6.07) is 5.56. The summed E-state index contributed by atoms with van der Waals surface area (Å²) in [6.45, 7) is 3.48. The molecule has 0 spiro atoms. The second-order valence-corrected chi connectivity index (χ2v) is 6.43. The average Bonchev–Trinajstić information content (AvgIpc) is 3.03. The van der Waals surface area contributed by atoms with E-state index in [4.69, 9.17) is 4.74 Å². The Morgan fingerprint density at radius 1 is 1.41 bits per heavy atom. The van der Waals surface area contributed by atoms with Crippen molar-refractivity contribution in [1.29, 1.82) is 0 Å². The van der Waals surface area contributed by atoms with Gasteiger partial charge >= 0.3 is 5.97 Å². The summed E-state index contributed by atoms with van der Waals surface area (Å²) >= 11 is 1.32. The topological polar surface area (TPSA) is 81.2 Å². The molecular weight excluding hydrogens is 302 g/mol. The predicted molar refractivity (Wildman–Crippen MR) is 82.3 cm³/mol. The van der Waals surface area contributed by atoms with Gasteiger partial charge in [-0.3, -0.25) is 14.6 Å². The number of aromatic nitrogens is 2. The molecule has 6 nitrogen and oxygen atoms in total. The highest BCUT2D eigenvalue weighted by Crippen LogP contribution is 2.33. The van der Waals surface area contributed by atoms with Crippen LogP contribution in [0.1, 0.15) is 20.3 Å². The number of carbonyl (C=O) groups excluding carboxylic acids is 2. The molecule has 1 atom stereocenters. The van der Waals surface area contributed by atoms with Crippen LogP contribution in [0.25, 0.3) is 11.4 Å². The van der Waals surface area contributed by atoms with Crippen LogP contribution < -0.4 is 5.32 Å². The number of thiazole rings is 1. The fourth-order valence-electron chi connectivity index (χ4n) is 2.38.